The van der Waals surface area contributed by atoms with E-state index in [-0.39, 0.29) is 0 Å². The molecule has 22 heavy (non-hydrogen) atoms. The molecule has 2 rings (SSSR count). The van der Waals surface area contributed by atoms with Gasteiger partial charge in [-0.1, -0.05) is 6.92 Å². The summed E-state index contributed by atoms with van der Waals surface area (Å²) >= 11 is 7.17. The number of nitrogens with one attached hydrogen (secondary N) is 1. The standard InChI is InChI=1S/C16H21Br2N3O/c1-2-8-22-16-14(17)9-13(10-15(16)18)11-19-4-3-6-21-7-5-20-12-21/h5,7,9-10,12,19H,2-4,6,8,11H2,1H3. The number of hydrogen-bond donors (Lipinski definition) is 1. The van der Waals surface area contributed by atoms with Gasteiger partial charge >= 0.3 is 0 Å². The summed E-state index contributed by atoms with van der Waals surface area (Å²) in [4.78, 5) is 4.04. The molecular weight excluding hydrogens is 410 g/mol. The summed E-state index contributed by atoms with van der Waals surface area (Å²) in [5.74, 6) is 0.880. The van der Waals surface area contributed by atoms with Crippen molar-refractivity contribution >= 4 is 31.9 Å². The number of rotatable bonds is 9. The average molecular weight is 431 g/mol. The van der Waals surface area contributed by atoms with Gasteiger partial charge in [-0.15, -0.1) is 0 Å². The Hall–Kier alpha value is -0.850. The van der Waals surface area contributed by atoms with Gasteiger partial charge in [0.2, 0.25) is 0 Å². The largest absolute Gasteiger partial charge is 0.491 e. The van der Waals surface area contributed by atoms with Crippen LogP contribution in [0.25, 0.3) is 0 Å². The Kier molecular flexibility index (Phi) is 7.42. The maximum absolute atomic E-state index is 5.73. The highest BCUT2D eigenvalue weighted by Crippen LogP contribution is 2.34. The maximum Gasteiger partial charge on any atom is 0.147 e. The zero-order valence-corrected chi connectivity index (χ0v) is 15.9. The lowest BCUT2D eigenvalue weighted by molar-refractivity contribution is 0.313. The Morgan fingerprint density at radius 1 is 1.27 bits per heavy atom. The van der Waals surface area contributed by atoms with Crippen LogP contribution in [0.15, 0.2) is 39.8 Å². The van der Waals surface area contributed by atoms with Gasteiger partial charge < -0.3 is 14.6 Å². The van der Waals surface area contributed by atoms with Crippen LogP contribution in [-0.4, -0.2) is 22.7 Å². The molecule has 0 aliphatic carbocycles. The van der Waals surface area contributed by atoms with Gasteiger partial charge in [0.05, 0.1) is 21.9 Å². The molecule has 2 aromatic rings. The van der Waals surface area contributed by atoms with Crippen molar-refractivity contribution in [3.8, 4) is 5.75 Å². The second kappa shape index (κ2) is 9.33. The number of nitrogens with zero attached hydrogens (tertiary/aromatic N) is 2. The molecule has 0 amide bonds. The van der Waals surface area contributed by atoms with Crippen LogP contribution in [0.1, 0.15) is 25.3 Å². The minimum Gasteiger partial charge on any atom is -0.491 e. The number of aromatic nitrogens is 2. The van der Waals surface area contributed by atoms with E-state index in [1.54, 1.807) is 0 Å². The molecular formula is C16H21Br2N3O. The monoisotopic (exact) mass is 429 g/mol. The first kappa shape index (κ1) is 17.5. The van der Waals surface area contributed by atoms with Crippen molar-refractivity contribution in [2.45, 2.75) is 32.9 Å². The zero-order chi connectivity index (χ0) is 15.8. The van der Waals surface area contributed by atoms with E-state index in [4.69, 9.17) is 4.74 Å². The number of imidazole rings is 1. The quantitative estimate of drug-likeness (QED) is 0.600. The van der Waals surface area contributed by atoms with Crippen LogP contribution in [0.5, 0.6) is 5.75 Å². The summed E-state index contributed by atoms with van der Waals surface area (Å²) in [7, 11) is 0. The molecule has 0 saturated carbocycles. The molecule has 1 aromatic heterocycles. The summed E-state index contributed by atoms with van der Waals surface area (Å²) in [6.07, 6.45) is 7.73. The molecule has 0 aliphatic rings. The fraction of sp³-hybridized carbons (Fsp3) is 0.438. The summed E-state index contributed by atoms with van der Waals surface area (Å²) in [6, 6.07) is 4.22. The van der Waals surface area contributed by atoms with Crippen LogP contribution in [0.3, 0.4) is 0 Å². The van der Waals surface area contributed by atoms with Crippen LogP contribution < -0.4 is 10.1 Å². The van der Waals surface area contributed by atoms with E-state index in [0.29, 0.717) is 0 Å². The molecule has 0 unspecified atom stereocenters. The first-order valence-electron chi connectivity index (χ1n) is 7.48. The Morgan fingerprint density at radius 3 is 2.68 bits per heavy atom. The van der Waals surface area contributed by atoms with Gasteiger partial charge in [-0.25, -0.2) is 4.98 Å². The maximum atomic E-state index is 5.73. The molecule has 0 radical (unpaired) electrons. The van der Waals surface area contributed by atoms with Crippen molar-refractivity contribution in [2.75, 3.05) is 13.2 Å². The SMILES string of the molecule is CCCOc1c(Br)cc(CNCCCn2ccnc2)cc1Br. The van der Waals surface area contributed by atoms with Gasteiger partial charge in [0.1, 0.15) is 5.75 Å². The number of benzene rings is 1. The first-order valence-corrected chi connectivity index (χ1v) is 9.06. The molecule has 0 spiro atoms. The van der Waals surface area contributed by atoms with E-state index in [1.165, 1.54) is 5.56 Å². The smallest absolute Gasteiger partial charge is 0.147 e. The number of hydrogen-bond acceptors (Lipinski definition) is 3. The number of ether oxygens (including phenoxy) is 1. The van der Waals surface area contributed by atoms with Crippen molar-refractivity contribution in [3.63, 3.8) is 0 Å². The van der Waals surface area contributed by atoms with Crippen LogP contribution in [0.4, 0.5) is 0 Å². The Bertz CT molecular complexity index is 550. The molecule has 0 saturated heterocycles. The van der Waals surface area contributed by atoms with E-state index in [0.717, 1.165) is 53.8 Å². The van der Waals surface area contributed by atoms with Crippen LogP contribution in [0, 0.1) is 0 Å². The van der Waals surface area contributed by atoms with E-state index in [9.17, 15) is 0 Å². The predicted octanol–water partition coefficient (Wildman–Crippen LogP) is 4.38. The molecule has 0 atom stereocenters. The summed E-state index contributed by atoms with van der Waals surface area (Å²) in [5, 5.41) is 3.46. The summed E-state index contributed by atoms with van der Waals surface area (Å²) in [6.45, 7) is 5.63. The third-order valence-corrected chi connectivity index (χ3v) is 4.34. The molecule has 0 bridgehead atoms. The summed E-state index contributed by atoms with van der Waals surface area (Å²) < 4.78 is 9.81. The lowest BCUT2D eigenvalue weighted by atomic mass is 10.2. The molecule has 6 heteroatoms. The van der Waals surface area contributed by atoms with Crippen molar-refractivity contribution in [1.29, 1.82) is 0 Å². The lowest BCUT2D eigenvalue weighted by Crippen LogP contribution is -2.16. The molecule has 4 nitrogen and oxygen atoms in total. The third kappa shape index (κ3) is 5.41. The Balaban J connectivity index is 1.77. The molecule has 1 heterocycles. The fourth-order valence-electron chi connectivity index (χ4n) is 2.09. The second-order valence-corrected chi connectivity index (χ2v) is 6.78. The Labute approximate surface area is 148 Å². The average Bonchev–Trinajstić information content (AvgIpc) is 2.99. The van der Waals surface area contributed by atoms with Crippen molar-refractivity contribution in [2.24, 2.45) is 0 Å². The van der Waals surface area contributed by atoms with Crippen LogP contribution >= 0.6 is 31.9 Å². The molecule has 1 N–H and O–H groups in total. The van der Waals surface area contributed by atoms with E-state index in [1.807, 2.05) is 18.7 Å². The van der Waals surface area contributed by atoms with Gasteiger partial charge in [-0.2, -0.15) is 0 Å². The van der Waals surface area contributed by atoms with Gasteiger partial charge in [0.15, 0.2) is 0 Å². The predicted molar refractivity (Wildman–Crippen MR) is 96.2 cm³/mol. The normalized spacial score (nSPS) is 10.9. The molecule has 120 valence electrons. The number of halogens is 2. The molecule has 1 aromatic carbocycles. The lowest BCUT2D eigenvalue weighted by Gasteiger charge is -2.12. The highest BCUT2D eigenvalue weighted by Gasteiger charge is 2.08. The highest BCUT2D eigenvalue weighted by atomic mass is 79.9. The van der Waals surface area contributed by atoms with Gasteiger partial charge in [0.25, 0.3) is 0 Å². The van der Waals surface area contributed by atoms with Crippen molar-refractivity contribution in [3.05, 3.63) is 45.4 Å². The minimum atomic E-state index is 0.725. The van der Waals surface area contributed by atoms with E-state index >= 15 is 0 Å². The second-order valence-electron chi connectivity index (χ2n) is 5.07. The van der Waals surface area contributed by atoms with Crippen molar-refractivity contribution in [1.82, 2.24) is 14.9 Å². The fourth-order valence-corrected chi connectivity index (χ4v) is 3.61. The summed E-state index contributed by atoms with van der Waals surface area (Å²) in [5.41, 5.74) is 1.23. The van der Waals surface area contributed by atoms with Gasteiger partial charge in [-0.05, 0) is 68.9 Å². The molecule has 0 aliphatic heterocycles. The molecule has 0 fully saturated rings. The number of aryl methyl sites for hydroxylation is 1. The zero-order valence-electron chi connectivity index (χ0n) is 12.7. The highest BCUT2D eigenvalue weighted by molar-refractivity contribution is 9.11. The van der Waals surface area contributed by atoms with E-state index < -0.39 is 0 Å². The third-order valence-electron chi connectivity index (χ3n) is 3.17. The van der Waals surface area contributed by atoms with Crippen LogP contribution in [-0.2, 0) is 13.1 Å². The van der Waals surface area contributed by atoms with Crippen LogP contribution in [0.2, 0.25) is 0 Å². The minimum absolute atomic E-state index is 0.725. The Morgan fingerprint density at radius 2 is 2.05 bits per heavy atom. The van der Waals surface area contributed by atoms with Gasteiger partial charge in [0, 0.05) is 25.5 Å². The van der Waals surface area contributed by atoms with Crippen molar-refractivity contribution < 1.29 is 4.74 Å². The van der Waals surface area contributed by atoms with Gasteiger partial charge in [-0.3, -0.25) is 0 Å². The van der Waals surface area contributed by atoms with E-state index in [2.05, 4.69) is 65.8 Å². The first-order chi connectivity index (χ1) is 10.7. The topological polar surface area (TPSA) is 39.1 Å².